The van der Waals surface area contributed by atoms with Crippen LogP contribution < -0.4 is 10.2 Å². The van der Waals surface area contributed by atoms with E-state index < -0.39 is 0 Å². The standard InChI is InChI=1S/C22H31N3O2S/c1-16-8-6-7-12-24(16)15-20-10-5-4-9-19(20)14-23-21(26)11-13-25-17(2)18(3)28-22(25)27/h4-5,9-10,16H,6-8,11-15H2,1-3H3,(H,23,26). The molecule has 0 aliphatic carbocycles. The number of aromatic nitrogens is 1. The predicted octanol–water partition coefficient (Wildman–Crippen LogP) is 3.61. The first-order valence-electron chi connectivity index (χ1n) is 10.2. The molecule has 28 heavy (non-hydrogen) atoms. The number of aryl methyl sites for hydroxylation is 1. The van der Waals surface area contributed by atoms with Gasteiger partial charge in [-0.2, -0.15) is 0 Å². The number of benzene rings is 1. The zero-order valence-corrected chi connectivity index (χ0v) is 18.0. The van der Waals surface area contributed by atoms with Crippen LogP contribution in [-0.2, 0) is 24.4 Å². The Morgan fingerprint density at radius 2 is 1.96 bits per heavy atom. The number of piperidine rings is 1. The number of hydrogen-bond donors (Lipinski definition) is 1. The number of thiazole rings is 1. The average molecular weight is 402 g/mol. The summed E-state index contributed by atoms with van der Waals surface area (Å²) in [4.78, 5) is 27.9. The summed E-state index contributed by atoms with van der Waals surface area (Å²) >= 11 is 1.25. The van der Waals surface area contributed by atoms with Crippen molar-refractivity contribution < 1.29 is 4.79 Å². The lowest BCUT2D eigenvalue weighted by Gasteiger charge is -2.33. The summed E-state index contributed by atoms with van der Waals surface area (Å²) in [6.45, 7) is 9.24. The third-order valence-electron chi connectivity index (χ3n) is 5.85. The van der Waals surface area contributed by atoms with E-state index in [0.29, 0.717) is 25.6 Å². The molecule has 1 atom stereocenters. The number of rotatable bonds is 7. The summed E-state index contributed by atoms with van der Waals surface area (Å²) in [5, 5.41) is 3.03. The molecule has 1 fully saturated rings. The van der Waals surface area contributed by atoms with Crippen molar-refractivity contribution >= 4 is 17.2 Å². The highest BCUT2D eigenvalue weighted by atomic mass is 32.1. The van der Waals surface area contributed by atoms with Crippen molar-refractivity contribution in [3.63, 3.8) is 0 Å². The summed E-state index contributed by atoms with van der Waals surface area (Å²) in [6.07, 6.45) is 4.17. The van der Waals surface area contributed by atoms with Gasteiger partial charge in [-0.3, -0.25) is 14.5 Å². The van der Waals surface area contributed by atoms with E-state index in [1.54, 1.807) is 4.57 Å². The summed E-state index contributed by atoms with van der Waals surface area (Å²) < 4.78 is 1.70. The van der Waals surface area contributed by atoms with Gasteiger partial charge in [0.25, 0.3) is 0 Å². The second kappa shape index (κ2) is 9.52. The van der Waals surface area contributed by atoms with E-state index in [0.717, 1.165) is 23.7 Å². The van der Waals surface area contributed by atoms with Crippen LogP contribution >= 0.6 is 11.3 Å². The molecule has 6 heteroatoms. The molecule has 152 valence electrons. The van der Waals surface area contributed by atoms with E-state index in [1.165, 1.54) is 41.7 Å². The third kappa shape index (κ3) is 5.11. The molecule has 0 radical (unpaired) electrons. The van der Waals surface area contributed by atoms with Crippen LogP contribution in [-0.4, -0.2) is 28.0 Å². The number of nitrogens with one attached hydrogen (secondary N) is 1. The van der Waals surface area contributed by atoms with Gasteiger partial charge in [0.1, 0.15) is 0 Å². The molecular formula is C22H31N3O2S. The van der Waals surface area contributed by atoms with E-state index in [2.05, 4.69) is 35.3 Å². The van der Waals surface area contributed by atoms with Gasteiger partial charge >= 0.3 is 4.87 Å². The molecule has 3 rings (SSSR count). The van der Waals surface area contributed by atoms with Crippen LogP contribution in [0.25, 0.3) is 0 Å². The normalized spacial score (nSPS) is 17.6. The van der Waals surface area contributed by atoms with E-state index >= 15 is 0 Å². The summed E-state index contributed by atoms with van der Waals surface area (Å²) in [5.41, 5.74) is 3.43. The van der Waals surface area contributed by atoms with Gasteiger partial charge in [-0.25, -0.2) is 0 Å². The number of hydrogen-bond acceptors (Lipinski definition) is 4. The maximum Gasteiger partial charge on any atom is 0.307 e. The number of carbonyl (C=O) groups excluding carboxylic acids is 1. The van der Waals surface area contributed by atoms with Crippen LogP contribution in [0.4, 0.5) is 0 Å². The molecule has 2 aromatic rings. The molecular weight excluding hydrogens is 370 g/mol. The van der Waals surface area contributed by atoms with Crippen molar-refractivity contribution in [3.8, 4) is 0 Å². The second-order valence-electron chi connectivity index (χ2n) is 7.77. The molecule has 1 aliphatic heterocycles. The van der Waals surface area contributed by atoms with Crippen LogP contribution in [0, 0.1) is 13.8 Å². The number of nitrogens with zero attached hydrogens (tertiary/aromatic N) is 2. The Kier molecular flexibility index (Phi) is 7.08. The Hall–Kier alpha value is -1.92. The average Bonchev–Trinajstić information content (AvgIpc) is 2.92. The van der Waals surface area contributed by atoms with Gasteiger partial charge in [0.15, 0.2) is 0 Å². The molecule has 5 nitrogen and oxygen atoms in total. The molecule has 1 amide bonds. The Morgan fingerprint density at radius 1 is 1.21 bits per heavy atom. The molecule has 1 aromatic carbocycles. The predicted molar refractivity (Wildman–Crippen MR) is 115 cm³/mol. The quantitative estimate of drug-likeness (QED) is 0.771. The first kappa shape index (κ1) is 20.8. The molecule has 0 spiro atoms. The molecule has 2 heterocycles. The monoisotopic (exact) mass is 401 g/mol. The molecule has 0 saturated carbocycles. The van der Waals surface area contributed by atoms with Crippen molar-refractivity contribution in [2.75, 3.05) is 6.54 Å². The van der Waals surface area contributed by atoms with Crippen LogP contribution in [0.3, 0.4) is 0 Å². The van der Waals surface area contributed by atoms with Crippen LogP contribution in [0.2, 0.25) is 0 Å². The number of likely N-dealkylation sites (tertiary alicyclic amines) is 1. The lowest BCUT2D eigenvalue weighted by atomic mass is 10.0. The fourth-order valence-electron chi connectivity index (χ4n) is 3.84. The lowest BCUT2D eigenvalue weighted by Crippen LogP contribution is -2.37. The fourth-order valence-corrected chi connectivity index (χ4v) is 4.70. The Morgan fingerprint density at radius 3 is 2.64 bits per heavy atom. The van der Waals surface area contributed by atoms with Crippen molar-refractivity contribution in [1.29, 1.82) is 0 Å². The molecule has 1 unspecified atom stereocenters. The Labute approximate surface area is 171 Å². The first-order valence-corrected chi connectivity index (χ1v) is 11.0. The number of amides is 1. The zero-order valence-electron chi connectivity index (χ0n) is 17.2. The van der Waals surface area contributed by atoms with Crippen molar-refractivity contribution in [1.82, 2.24) is 14.8 Å². The van der Waals surface area contributed by atoms with Gasteiger partial charge in [-0.05, 0) is 51.3 Å². The zero-order chi connectivity index (χ0) is 20.1. The van der Waals surface area contributed by atoms with Crippen molar-refractivity contribution in [3.05, 3.63) is 55.6 Å². The SMILES string of the molecule is Cc1sc(=O)n(CCC(=O)NCc2ccccc2CN2CCCCC2C)c1C. The molecule has 1 saturated heterocycles. The minimum atomic E-state index is -0.0173. The fraction of sp³-hybridized carbons (Fsp3) is 0.545. The van der Waals surface area contributed by atoms with E-state index in [4.69, 9.17) is 0 Å². The minimum Gasteiger partial charge on any atom is -0.352 e. The topological polar surface area (TPSA) is 54.3 Å². The number of carbonyl (C=O) groups is 1. The van der Waals surface area contributed by atoms with Crippen LogP contribution in [0.1, 0.15) is 54.3 Å². The van der Waals surface area contributed by atoms with Gasteiger partial charge in [0.2, 0.25) is 5.91 Å². The van der Waals surface area contributed by atoms with E-state index in [1.807, 2.05) is 19.9 Å². The highest BCUT2D eigenvalue weighted by molar-refractivity contribution is 7.09. The van der Waals surface area contributed by atoms with Gasteiger partial charge in [0.05, 0.1) is 0 Å². The summed E-state index contributed by atoms with van der Waals surface area (Å²) in [5.74, 6) is -0.0173. The third-order valence-corrected chi connectivity index (χ3v) is 6.84. The van der Waals surface area contributed by atoms with Crippen LogP contribution in [0.5, 0.6) is 0 Å². The van der Waals surface area contributed by atoms with Gasteiger partial charge in [-0.1, -0.05) is 42.0 Å². The largest absolute Gasteiger partial charge is 0.352 e. The first-order chi connectivity index (χ1) is 13.5. The summed E-state index contributed by atoms with van der Waals surface area (Å²) in [6, 6.07) is 8.98. The molecule has 1 N–H and O–H groups in total. The van der Waals surface area contributed by atoms with E-state index in [9.17, 15) is 9.59 Å². The Balaban J connectivity index is 1.55. The molecule has 1 aromatic heterocycles. The molecule has 0 bridgehead atoms. The van der Waals surface area contributed by atoms with Gasteiger partial charge in [0, 0.05) is 42.7 Å². The van der Waals surface area contributed by atoms with E-state index in [-0.39, 0.29) is 10.8 Å². The van der Waals surface area contributed by atoms with Gasteiger partial charge < -0.3 is 9.88 Å². The maximum atomic E-state index is 12.3. The minimum absolute atomic E-state index is 0.0173. The van der Waals surface area contributed by atoms with Crippen LogP contribution in [0.15, 0.2) is 29.1 Å². The van der Waals surface area contributed by atoms with Gasteiger partial charge in [-0.15, -0.1) is 0 Å². The lowest BCUT2D eigenvalue weighted by molar-refractivity contribution is -0.121. The maximum absolute atomic E-state index is 12.3. The second-order valence-corrected chi connectivity index (χ2v) is 8.94. The molecule has 1 aliphatic rings. The van der Waals surface area contributed by atoms with Crippen molar-refractivity contribution in [2.45, 2.75) is 72.1 Å². The highest BCUT2D eigenvalue weighted by Crippen LogP contribution is 2.20. The smallest absolute Gasteiger partial charge is 0.307 e. The van der Waals surface area contributed by atoms with Crippen molar-refractivity contribution in [2.24, 2.45) is 0 Å². The highest BCUT2D eigenvalue weighted by Gasteiger charge is 2.19. The Bertz CT molecular complexity index is 871. The summed E-state index contributed by atoms with van der Waals surface area (Å²) in [7, 11) is 0.